The van der Waals surface area contributed by atoms with Gasteiger partial charge in [0.05, 0.1) is 31.2 Å². The first-order valence-electron chi connectivity index (χ1n) is 9.75. The van der Waals surface area contributed by atoms with Crippen LogP contribution in [0.4, 0.5) is 5.69 Å². The SMILES string of the molecule is COc1ccc(Br)cc1C1NC(CO)(C(=O)O)C2C(=O)N(c3ccc(C)c(Cl)c3)C(=O)C12. The summed E-state index contributed by atoms with van der Waals surface area (Å²) >= 11 is 9.59. The summed E-state index contributed by atoms with van der Waals surface area (Å²) in [6, 6.07) is 8.99. The number of carboxylic acid groups (broad SMARTS) is 1. The molecule has 4 unspecified atom stereocenters. The molecule has 0 radical (unpaired) electrons. The van der Waals surface area contributed by atoms with Crippen LogP contribution in [0, 0.1) is 18.8 Å². The van der Waals surface area contributed by atoms with Gasteiger partial charge < -0.3 is 14.9 Å². The number of halogens is 2. The van der Waals surface area contributed by atoms with Gasteiger partial charge in [-0.2, -0.15) is 0 Å². The molecule has 4 atom stereocenters. The van der Waals surface area contributed by atoms with Gasteiger partial charge in [0.1, 0.15) is 5.75 Å². The first-order chi connectivity index (χ1) is 15.2. The number of imide groups is 1. The zero-order chi connectivity index (χ0) is 23.4. The Morgan fingerprint density at radius 3 is 2.56 bits per heavy atom. The van der Waals surface area contributed by atoms with Crippen LogP contribution in [0.2, 0.25) is 5.02 Å². The van der Waals surface area contributed by atoms with E-state index in [1.165, 1.54) is 13.2 Å². The number of fused-ring (bicyclic) bond motifs is 1. The van der Waals surface area contributed by atoms with Crippen LogP contribution in [0.3, 0.4) is 0 Å². The summed E-state index contributed by atoms with van der Waals surface area (Å²) in [4.78, 5) is 40.4. The number of amides is 2. The summed E-state index contributed by atoms with van der Waals surface area (Å²) in [5.41, 5.74) is -0.525. The van der Waals surface area contributed by atoms with Gasteiger partial charge in [0.2, 0.25) is 11.8 Å². The molecule has 8 nitrogen and oxygen atoms in total. The number of nitrogens with one attached hydrogen (secondary N) is 1. The van der Waals surface area contributed by atoms with Gasteiger partial charge in [-0.3, -0.25) is 19.7 Å². The van der Waals surface area contributed by atoms with Crippen molar-refractivity contribution in [3.05, 3.63) is 57.0 Å². The number of ether oxygens (including phenoxy) is 1. The average molecular weight is 524 g/mol. The number of aliphatic hydroxyl groups is 1. The maximum absolute atomic E-state index is 13.6. The number of rotatable bonds is 5. The first kappa shape index (κ1) is 22.7. The molecular formula is C22H20BrClN2O6. The van der Waals surface area contributed by atoms with E-state index in [4.69, 9.17) is 16.3 Å². The fourth-order valence-electron chi connectivity index (χ4n) is 4.60. The second-order valence-corrected chi connectivity index (χ2v) is 9.21. The lowest BCUT2D eigenvalue weighted by Crippen LogP contribution is -2.58. The molecule has 0 saturated carbocycles. The van der Waals surface area contributed by atoms with E-state index in [0.717, 1.165) is 10.5 Å². The second-order valence-electron chi connectivity index (χ2n) is 7.89. The Morgan fingerprint density at radius 1 is 1.25 bits per heavy atom. The van der Waals surface area contributed by atoms with E-state index in [2.05, 4.69) is 21.2 Å². The lowest BCUT2D eigenvalue weighted by molar-refractivity contribution is -0.150. The number of aliphatic carboxylic acids is 1. The normalized spacial score (nSPS) is 27.0. The molecule has 0 aliphatic carbocycles. The van der Waals surface area contributed by atoms with E-state index in [0.29, 0.717) is 20.8 Å². The van der Waals surface area contributed by atoms with Crippen molar-refractivity contribution in [2.45, 2.75) is 18.5 Å². The molecule has 2 aromatic carbocycles. The van der Waals surface area contributed by atoms with E-state index in [1.54, 1.807) is 37.3 Å². The molecule has 4 rings (SSSR count). The van der Waals surface area contributed by atoms with E-state index in [-0.39, 0.29) is 5.69 Å². The number of carbonyl (C=O) groups is 3. The third-order valence-corrected chi connectivity index (χ3v) is 7.13. The van der Waals surface area contributed by atoms with E-state index < -0.39 is 47.8 Å². The Morgan fingerprint density at radius 2 is 1.97 bits per heavy atom. The molecule has 10 heteroatoms. The molecule has 32 heavy (non-hydrogen) atoms. The van der Waals surface area contributed by atoms with Crippen LogP contribution in [0.1, 0.15) is 17.2 Å². The number of benzene rings is 2. The summed E-state index contributed by atoms with van der Waals surface area (Å²) in [5, 5.41) is 23.4. The third kappa shape index (κ3) is 3.23. The number of aryl methyl sites for hydroxylation is 1. The van der Waals surface area contributed by atoms with Gasteiger partial charge in [0, 0.05) is 21.1 Å². The Bertz CT molecular complexity index is 1140. The summed E-state index contributed by atoms with van der Waals surface area (Å²) < 4.78 is 6.11. The van der Waals surface area contributed by atoms with Crippen molar-refractivity contribution < 1.29 is 29.3 Å². The van der Waals surface area contributed by atoms with Crippen LogP contribution < -0.4 is 15.0 Å². The van der Waals surface area contributed by atoms with Gasteiger partial charge in [-0.25, -0.2) is 4.90 Å². The minimum atomic E-state index is -2.04. The molecule has 3 N–H and O–H groups in total. The Labute approximate surface area is 197 Å². The highest BCUT2D eigenvalue weighted by atomic mass is 79.9. The average Bonchev–Trinajstić information content (AvgIpc) is 3.24. The number of hydrogen-bond acceptors (Lipinski definition) is 6. The summed E-state index contributed by atoms with van der Waals surface area (Å²) in [5.74, 6) is -4.69. The molecule has 2 amide bonds. The quantitative estimate of drug-likeness (QED) is 0.516. The fraction of sp³-hybridized carbons (Fsp3) is 0.318. The molecule has 0 spiro atoms. The molecule has 2 fully saturated rings. The molecule has 2 saturated heterocycles. The van der Waals surface area contributed by atoms with Gasteiger partial charge in [-0.15, -0.1) is 0 Å². The Balaban J connectivity index is 1.89. The zero-order valence-corrected chi connectivity index (χ0v) is 19.5. The van der Waals surface area contributed by atoms with E-state index in [9.17, 15) is 24.6 Å². The number of carbonyl (C=O) groups excluding carboxylic acids is 2. The van der Waals surface area contributed by atoms with E-state index in [1.807, 2.05) is 0 Å². The number of methoxy groups -OCH3 is 1. The fourth-order valence-corrected chi connectivity index (χ4v) is 5.16. The zero-order valence-electron chi connectivity index (χ0n) is 17.1. The number of hydrogen-bond donors (Lipinski definition) is 3. The van der Waals surface area contributed by atoms with Crippen LogP contribution in [0.25, 0.3) is 0 Å². The number of anilines is 1. The monoisotopic (exact) mass is 522 g/mol. The Hall–Kier alpha value is -2.46. The van der Waals surface area contributed by atoms with Gasteiger partial charge in [0.25, 0.3) is 0 Å². The van der Waals surface area contributed by atoms with Crippen molar-refractivity contribution in [1.29, 1.82) is 0 Å². The van der Waals surface area contributed by atoms with Crippen LogP contribution >= 0.6 is 27.5 Å². The molecule has 0 bridgehead atoms. The summed E-state index contributed by atoms with van der Waals surface area (Å²) in [6.07, 6.45) is 0. The molecule has 2 aliphatic rings. The molecule has 0 aromatic heterocycles. The van der Waals surface area contributed by atoms with Gasteiger partial charge in [-0.05, 0) is 42.8 Å². The lowest BCUT2D eigenvalue weighted by Gasteiger charge is -2.29. The van der Waals surface area contributed by atoms with Crippen LogP contribution in [0.5, 0.6) is 5.75 Å². The molecule has 2 heterocycles. The number of carboxylic acids is 1. The van der Waals surface area contributed by atoms with Crippen molar-refractivity contribution in [2.24, 2.45) is 11.8 Å². The predicted octanol–water partition coefficient (Wildman–Crippen LogP) is 2.69. The minimum Gasteiger partial charge on any atom is -0.496 e. The number of nitrogens with zero attached hydrogens (tertiary/aromatic N) is 1. The first-order valence-corrected chi connectivity index (χ1v) is 10.9. The van der Waals surface area contributed by atoms with Gasteiger partial charge in [0.15, 0.2) is 5.54 Å². The van der Waals surface area contributed by atoms with Crippen molar-refractivity contribution in [3.8, 4) is 5.75 Å². The smallest absolute Gasteiger partial charge is 0.327 e. The Kier molecular flexibility index (Phi) is 5.79. The highest BCUT2D eigenvalue weighted by Crippen LogP contribution is 2.51. The predicted molar refractivity (Wildman–Crippen MR) is 120 cm³/mol. The largest absolute Gasteiger partial charge is 0.496 e. The summed E-state index contributed by atoms with van der Waals surface area (Å²) in [6.45, 7) is 0.910. The molecule has 2 aromatic rings. The van der Waals surface area contributed by atoms with Crippen LogP contribution in [-0.2, 0) is 14.4 Å². The highest BCUT2D eigenvalue weighted by Gasteiger charge is 2.69. The maximum Gasteiger partial charge on any atom is 0.327 e. The lowest BCUT2D eigenvalue weighted by atomic mass is 9.79. The van der Waals surface area contributed by atoms with Gasteiger partial charge in [-0.1, -0.05) is 33.6 Å². The molecular weight excluding hydrogens is 504 g/mol. The molecule has 2 aliphatic heterocycles. The van der Waals surface area contributed by atoms with Gasteiger partial charge >= 0.3 is 5.97 Å². The number of aliphatic hydroxyl groups excluding tert-OH is 1. The topological polar surface area (TPSA) is 116 Å². The standard InChI is InChI=1S/C22H20BrClN2O6/c1-10-3-5-12(8-14(10)24)26-19(28)16-17(20(26)29)22(9-27,21(30)31)25-18(16)13-7-11(23)4-6-15(13)32-2/h3-8,16-18,25,27H,9H2,1-2H3,(H,30,31). The van der Waals surface area contributed by atoms with Crippen molar-refractivity contribution in [2.75, 3.05) is 18.6 Å². The highest BCUT2D eigenvalue weighted by molar-refractivity contribution is 9.10. The van der Waals surface area contributed by atoms with Crippen LogP contribution in [0.15, 0.2) is 40.9 Å². The molecule has 168 valence electrons. The van der Waals surface area contributed by atoms with Crippen LogP contribution in [-0.4, -0.2) is 47.3 Å². The van der Waals surface area contributed by atoms with E-state index >= 15 is 0 Å². The summed E-state index contributed by atoms with van der Waals surface area (Å²) in [7, 11) is 1.46. The van der Waals surface area contributed by atoms with Crippen molar-refractivity contribution >= 4 is 51.0 Å². The third-order valence-electron chi connectivity index (χ3n) is 6.23. The van der Waals surface area contributed by atoms with Crippen molar-refractivity contribution in [1.82, 2.24) is 5.32 Å². The second kappa shape index (κ2) is 8.15. The maximum atomic E-state index is 13.6. The van der Waals surface area contributed by atoms with Crippen molar-refractivity contribution in [3.63, 3.8) is 0 Å². The minimum absolute atomic E-state index is 0.252.